The first-order chi connectivity index (χ1) is 20.8. The molecule has 5 rings (SSSR count). The summed E-state index contributed by atoms with van der Waals surface area (Å²) in [6, 6.07) is 23.6. The quantitative estimate of drug-likeness (QED) is 0.470. The zero-order chi connectivity index (χ0) is 32.6. The van der Waals surface area contributed by atoms with Gasteiger partial charge in [0.1, 0.15) is 12.3 Å². The van der Waals surface area contributed by atoms with E-state index in [1.54, 1.807) is 24.1 Å². The number of amides is 3. The maximum atomic E-state index is 12.8. The van der Waals surface area contributed by atoms with Crippen molar-refractivity contribution in [2.45, 2.75) is 46.4 Å². The highest BCUT2D eigenvalue weighted by atomic mass is 16.3. The Kier molecular flexibility index (Phi) is 11.5. The lowest BCUT2D eigenvalue weighted by Gasteiger charge is -2.57. The Labute approximate surface area is 261 Å². The van der Waals surface area contributed by atoms with Gasteiger partial charge in [0.25, 0.3) is 0 Å². The topological polar surface area (TPSA) is 114 Å². The lowest BCUT2D eigenvalue weighted by Crippen LogP contribution is -2.83. The zero-order valence-electron chi connectivity index (χ0n) is 26.9. The van der Waals surface area contributed by atoms with Crippen LogP contribution in [0, 0.1) is 13.8 Å². The van der Waals surface area contributed by atoms with Gasteiger partial charge in [0.2, 0.25) is 23.5 Å². The number of aryl methyl sites for hydroxylation is 3. The Hall–Kier alpha value is -4.41. The molecule has 0 radical (unpaired) electrons. The number of hydrogen-bond acceptors (Lipinski definition) is 7. The van der Waals surface area contributed by atoms with E-state index in [1.807, 2.05) is 69.2 Å². The minimum absolute atomic E-state index is 0.00840. The number of fused-ring (bicyclic) bond motifs is 1. The molecule has 10 heteroatoms. The highest BCUT2D eigenvalue weighted by molar-refractivity contribution is 5.89. The number of phenolic OH excluding ortho intramolecular Hbond substituents is 1. The first kappa shape index (κ1) is 34.1. The van der Waals surface area contributed by atoms with E-state index in [0.717, 1.165) is 23.2 Å². The SMILES string of the molecule is CC(=O)N1N(C)CC(=O)N2CC(=O)N(Cc3cc(C)ccc3N(C)C)CC21N.CCc1ccccc1.Cc1ccc(O)cc1. The smallest absolute Gasteiger partial charge is 0.242 e. The minimum atomic E-state index is -1.40. The molecule has 0 bridgehead atoms. The van der Waals surface area contributed by atoms with Crippen LogP contribution in [0.3, 0.4) is 0 Å². The van der Waals surface area contributed by atoms with Crippen molar-refractivity contribution in [2.75, 3.05) is 45.7 Å². The normalized spacial score (nSPS) is 18.0. The van der Waals surface area contributed by atoms with E-state index >= 15 is 0 Å². The number of benzene rings is 3. The zero-order valence-corrected chi connectivity index (χ0v) is 26.9. The van der Waals surface area contributed by atoms with Crippen molar-refractivity contribution in [1.29, 1.82) is 0 Å². The van der Waals surface area contributed by atoms with Crippen LogP contribution in [0.15, 0.2) is 72.8 Å². The summed E-state index contributed by atoms with van der Waals surface area (Å²) in [5, 5.41) is 11.6. The molecule has 0 saturated carbocycles. The summed E-state index contributed by atoms with van der Waals surface area (Å²) in [6.07, 6.45) is 1.14. The second-order valence-electron chi connectivity index (χ2n) is 11.5. The Morgan fingerprint density at radius 3 is 2.07 bits per heavy atom. The molecular formula is C34H46N6O4. The number of rotatable bonds is 4. The van der Waals surface area contributed by atoms with Crippen LogP contribution in [-0.4, -0.2) is 89.2 Å². The summed E-state index contributed by atoms with van der Waals surface area (Å²) < 4.78 is 0. The number of carbonyl (C=O) groups is 3. The van der Waals surface area contributed by atoms with Crippen LogP contribution in [0.1, 0.15) is 36.1 Å². The monoisotopic (exact) mass is 602 g/mol. The van der Waals surface area contributed by atoms with Crippen molar-refractivity contribution >= 4 is 23.4 Å². The molecule has 236 valence electrons. The average Bonchev–Trinajstić information content (AvgIpc) is 2.96. The third-order valence-corrected chi connectivity index (χ3v) is 7.57. The molecule has 3 aromatic rings. The minimum Gasteiger partial charge on any atom is -0.508 e. The van der Waals surface area contributed by atoms with Crippen LogP contribution >= 0.6 is 0 Å². The number of hydrogen-bond donors (Lipinski definition) is 2. The first-order valence-corrected chi connectivity index (χ1v) is 14.7. The largest absolute Gasteiger partial charge is 0.508 e. The van der Waals surface area contributed by atoms with Gasteiger partial charge in [-0.25, -0.2) is 10.0 Å². The molecule has 44 heavy (non-hydrogen) atoms. The second kappa shape index (κ2) is 14.9. The van der Waals surface area contributed by atoms with Crippen molar-refractivity contribution < 1.29 is 19.5 Å². The molecule has 2 aliphatic heterocycles. The summed E-state index contributed by atoms with van der Waals surface area (Å²) in [5.41, 5.74) is 12.3. The van der Waals surface area contributed by atoms with E-state index < -0.39 is 5.79 Å². The van der Waals surface area contributed by atoms with E-state index in [2.05, 4.69) is 31.2 Å². The molecule has 3 aromatic carbocycles. The van der Waals surface area contributed by atoms with E-state index in [9.17, 15) is 14.4 Å². The van der Waals surface area contributed by atoms with Gasteiger partial charge in [0.05, 0.1) is 13.1 Å². The summed E-state index contributed by atoms with van der Waals surface area (Å²) in [5.74, 6) is -1.79. The molecule has 1 unspecified atom stereocenters. The summed E-state index contributed by atoms with van der Waals surface area (Å²) in [4.78, 5) is 42.5. The summed E-state index contributed by atoms with van der Waals surface area (Å²) in [6.45, 7) is 7.82. The maximum absolute atomic E-state index is 12.8. The molecule has 2 aliphatic rings. The second-order valence-corrected chi connectivity index (χ2v) is 11.5. The van der Waals surface area contributed by atoms with Crippen LogP contribution in [0.5, 0.6) is 5.75 Å². The molecular weight excluding hydrogens is 556 g/mol. The van der Waals surface area contributed by atoms with Gasteiger partial charge in [-0.3, -0.25) is 25.0 Å². The molecule has 3 amide bonds. The Bertz CT molecular complexity index is 1410. The molecule has 0 aliphatic carbocycles. The van der Waals surface area contributed by atoms with Crippen molar-refractivity contribution in [3.05, 3.63) is 95.1 Å². The van der Waals surface area contributed by atoms with Crippen LogP contribution in [0.4, 0.5) is 5.69 Å². The molecule has 2 fully saturated rings. The molecule has 10 nitrogen and oxygen atoms in total. The highest BCUT2D eigenvalue weighted by Crippen LogP contribution is 2.30. The predicted octanol–water partition coefficient (Wildman–Crippen LogP) is 3.50. The van der Waals surface area contributed by atoms with Crippen LogP contribution in [0.25, 0.3) is 0 Å². The van der Waals surface area contributed by atoms with Crippen LogP contribution in [-0.2, 0) is 27.3 Å². The van der Waals surface area contributed by atoms with Gasteiger partial charge in [-0.15, -0.1) is 0 Å². The van der Waals surface area contributed by atoms with Gasteiger partial charge in [0, 0.05) is 40.3 Å². The standard InChI is InChI=1S/C19H28N6O3.C8H10.C7H8O/c1-13-6-7-16(21(3)4)15(8-13)9-23-12-19(20)24(11-17(23)27)18(28)10-22(5)25(19)14(2)26;1-2-8-6-4-3-5-7-8;1-6-2-4-7(8)5-3-6/h6-8H,9-12,20H2,1-5H3;3-7H,2H2,1H3;2-5,8H,1H3. The predicted molar refractivity (Wildman–Crippen MR) is 173 cm³/mol. The molecule has 2 heterocycles. The van der Waals surface area contributed by atoms with E-state index in [1.165, 1.54) is 33.0 Å². The number of carbonyl (C=O) groups excluding carboxylic acids is 3. The van der Waals surface area contributed by atoms with Gasteiger partial charge in [-0.2, -0.15) is 0 Å². The molecule has 3 N–H and O–H groups in total. The van der Waals surface area contributed by atoms with Gasteiger partial charge < -0.3 is 14.9 Å². The molecule has 1 atom stereocenters. The number of hydrazine groups is 1. The number of phenols is 1. The van der Waals surface area contributed by atoms with E-state index in [-0.39, 0.29) is 37.4 Å². The van der Waals surface area contributed by atoms with E-state index in [4.69, 9.17) is 10.8 Å². The van der Waals surface area contributed by atoms with Crippen molar-refractivity contribution in [1.82, 2.24) is 19.8 Å². The number of aromatic hydroxyl groups is 1. The highest BCUT2D eigenvalue weighted by Gasteiger charge is 2.54. The number of nitrogens with two attached hydrogens (primary N) is 1. The van der Waals surface area contributed by atoms with Gasteiger partial charge >= 0.3 is 0 Å². The third-order valence-electron chi connectivity index (χ3n) is 7.57. The Morgan fingerprint density at radius 2 is 1.55 bits per heavy atom. The molecule has 0 aromatic heterocycles. The number of likely N-dealkylation sites (N-methyl/N-ethyl adjacent to an activating group) is 1. The van der Waals surface area contributed by atoms with E-state index in [0.29, 0.717) is 12.3 Å². The Morgan fingerprint density at radius 1 is 0.932 bits per heavy atom. The fourth-order valence-corrected chi connectivity index (χ4v) is 5.36. The van der Waals surface area contributed by atoms with Gasteiger partial charge in [-0.1, -0.05) is 72.6 Å². The summed E-state index contributed by atoms with van der Waals surface area (Å²) >= 11 is 0. The lowest BCUT2D eigenvalue weighted by molar-refractivity contribution is -0.222. The van der Waals surface area contributed by atoms with Crippen molar-refractivity contribution in [3.8, 4) is 5.75 Å². The van der Waals surface area contributed by atoms with Crippen LogP contribution in [0.2, 0.25) is 0 Å². The van der Waals surface area contributed by atoms with Gasteiger partial charge in [0.15, 0.2) is 0 Å². The average molecular weight is 603 g/mol. The molecule has 0 spiro atoms. The fourth-order valence-electron chi connectivity index (χ4n) is 5.36. The number of piperazine rings is 1. The molecule has 2 saturated heterocycles. The fraction of sp³-hybridized carbons (Fsp3) is 0.382. The third kappa shape index (κ3) is 8.36. The Balaban J connectivity index is 0.000000267. The van der Waals surface area contributed by atoms with Crippen molar-refractivity contribution in [2.24, 2.45) is 5.73 Å². The number of anilines is 1. The first-order valence-electron chi connectivity index (χ1n) is 14.7. The lowest BCUT2D eigenvalue weighted by atomic mass is 10.1. The maximum Gasteiger partial charge on any atom is 0.242 e. The number of nitrogens with zero attached hydrogens (tertiary/aromatic N) is 5. The summed E-state index contributed by atoms with van der Waals surface area (Å²) in [7, 11) is 5.55. The van der Waals surface area contributed by atoms with Crippen molar-refractivity contribution in [3.63, 3.8) is 0 Å². The van der Waals surface area contributed by atoms with Crippen LogP contribution < -0.4 is 10.6 Å². The van der Waals surface area contributed by atoms with Gasteiger partial charge in [-0.05, 0) is 49.6 Å².